The first-order chi connectivity index (χ1) is 20.3. The zero-order valence-corrected chi connectivity index (χ0v) is 25.7. The topological polar surface area (TPSA) is 67.9 Å². The molecule has 1 heterocycles. The number of allylic oxidation sites excluding steroid dienone is 12. The Hall–Kier alpha value is -4.17. The summed E-state index contributed by atoms with van der Waals surface area (Å²) in [7, 11) is 1.58. The van der Waals surface area contributed by atoms with Crippen molar-refractivity contribution in [3.8, 4) is 12.1 Å². The van der Waals surface area contributed by atoms with Crippen LogP contribution < -0.4 is 10.3 Å². The fourth-order valence-electron chi connectivity index (χ4n) is 5.46. The number of rotatable bonds is 11. The first kappa shape index (κ1) is 30.8. The molecule has 1 aromatic heterocycles. The van der Waals surface area contributed by atoms with Gasteiger partial charge in [-0.15, -0.1) is 0 Å². The summed E-state index contributed by atoms with van der Waals surface area (Å²) in [5, 5.41) is 9.59. The third-order valence-electron chi connectivity index (χ3n) is 7.88. The van der Waals surface area contributed by atoms with Crippen LogP contribution in [0.5, 0.6) is 6.01 Å². The van der Waals surface area contributed by atoms with Gasteiger partial charge in [-0.1, -0.05) is 99.6 Å². The smallest absolute Gasteiger partial charge is 0.303 e. The lowest BCUT2D eigenvalue weighted by Crippen LogP contribution is -2.28. The van der Waals surface area contributed by atoms with E-state index >= 15 is 0 Å². The maximum Gasteiger partial charge on any atom is 0.303 e. The Morgan fingerprint density at radius 3 is 2.50 bits per heavy atom. The van der Waals surface area contributed by atoms with Gasteiger partial charge in [0.1, 0.15) is 0 Å². The zero-order chi connectivity index (χ0) is 30.1. The van der Waals surface area contributed by atoms with Crippen molar-refractivity contribution in [2.45, 2.75) is 72.6 Å². The van der Waals surface area contributed by atoms with Crippen LogP contribution in [0.15, 0.2) is 94.4 Å². The van der Waals surface area contributed by atoms with Crippen molar-refractivity contribution >= 4 is 5.70 Å². The number of aromatic nitrogens is 2. The summed E-state index contributed by atoms with van der Waals surface area (Å²) in [5.74, 6) is 0.332. The molecule has 0 radical (unpaired) electrons. The van der Waals surface area contributed by atoms with Crippen molar-refractivity contribution in [2.75, 3.05) is 7.11 Å². The summed E-state index contributed by atoms with van der Waals surface area (Å²) in [6.07, 6.45) is 21.8. The van der Waals surface area contributed by atoms with Crippen LogP contribution in [-0.4, -0.2) is 16.7 Å². The molecule has 0 spiro atoms. The van der Waals surface area contributed by atoms with Gasteiger partial charge in [-0.3, -0.25) is 4.79 Å². The molecule has 0 aliphatic heterocycles. The molecule has 42 heavy (non-hydrogen) atoms. The quantitative estimate of drug-likeness (QED) is 0.278. The molecule has 1 aromatic carbocycles. The number of methoxy groups -OCH3 is 1. The molecule has 0 fully saturated rings. The summed E-state index contributed by atoms with van der Waals surface area (Å²) in [5.41, 5.74) is 8.17. The second kappa shape index (κ2) is 14.6. The van der Waals surface area contributed by atoms with Crippen LogP contribution in [0.4, 0.5) is 0 Å². The van der Waals surface area contributed by atoms with Crippen LogP contribution in [0.25, 0.3) is 5.70 Å². The van der Waals surface area contributed by atoms with E-state index in [0.717, 1.165) is 60.2 Å². The summed E-state index contributed by atoms with van der Waals surface area (Å²) in [6, 6.07) is 11.1. The standard InChI is InChI=1S/C37H43N3O2/c1-6-7-13-35-34(24-29-17-15-28(16-18-29)23-31-11-9-8-10-12-32(31)25-38)36(41)40(37(39-35)42-5)33-20-14-27(4)30(19-21-33)22-26(2)3/h8-12,15-21,26,32H,6-7,13-14,22-24H2,1-5H3. The van der Waals surface area contributed by atoms with Gasteiger partial charge >= 0.3 is 6.01 Å². The highest BCUT2D eigenvalue weighted by molar-refractivity contribution is 5.62. The molecule has 2 aromatic rings. The normalized spacial score (nSPS) is 16.6. The highest BCUT2D eigenvalue weighted by atomic mass is 16.5. The van der Waals surface area contributed by atoms with Crippen molar-refractivity contribution in [2.24, 2.45) is 11.8 Å². The Bertz CT molecular complexity index is 1550. The molecule has 0 amide bonds. The number of nitriles is 1. The number of unbranched alkanes of at least 4 members (excludes halogenated alkanes) is 1. The Morgan fingerprint density at radius 1 is 1.10 bits per heavy atom. The highest BCUT2D eigenvalue weighted by Gasteiger charge is 2.20. The van der Waals surface area contributed by atoms with Crippen molar-refractivity contribution < 1.29 is 4.74 Å². The van der Waals surface area contributed by atoms with E-state index in [9.17, 15) is 10.1 Å². The molecule has 0 saturated carbocycles. The van der Waals surface area contributed by atoms with E-state index in [2.05, 4.69) is 70.2 Å². The van der Waals surface area contributed by atoms with Crippen LogP contribution >= 0.6 is 0 Å². The monoisotopic (exact) mass is 561 g/mol. The molecule has 2 aliphatic carbocycles. The van der Waals surface area contributed by atoms with Gasteiger partial charge in [-0.05, 0) is 73.3 Å². The van der Waals surface area contributed by atoms with E-state index in [0.29, 0.717) is 30.3 Å². The second-order valence-corrected chi connectivity index (χ2v) is 11.6. The summed E-state index contributed by atoms with van der Waals surface area (Å²) in [6.45, 7) is 8.77. The van der Waals surface area contributed by atoms with Gasteiger partial charge in [0, 0.05) is 12.0 Å². The van der Waals surface area contributed by atoms with E-state index in [1.807, 2.05) is 36.5 Å². The maximum absolute atomic E-state index is 14.2. The minimum absolute atomic E-state index is 0.0723. The van der Waals surface area contributed by atoms with E-state index in [-0.39, 0.29) is 11.5 Å². The third-order valence-corrected chi connectivity index (χ3v) is 7.88. The van der Waals surface area contributed by atoms with Gasteiger partial charge in [0.05, 0.1) is 30.5 Å². The molecular formula is C37H43N3O2. The number of hydrogen-bond donors (Lipinski definition) is 0. The number of ether oxygens (including phenoxy) is 1. The molecule has 2 aliphatic rings. The van der Waals surface area contributed by atoms with Gasteiger partial charge in [0.2, 0.25) is 0 Å². The minimum Gasteiger partial charge on any atom is -0.468 e. The molecule has 0 bridgehead atoms. The Morgan fingerprint density at radius 2 is 1.83 bits per heavy atom. The summed E-state index contributed by atoms with van der Waals surface area (Å²) in [4.78, 5) is 19.1. The van der Waals surface area contributed by atoms with Crippen LogP contribution in [0.3, 0.4) is 0 Å². The molecule has 1 atom stereocenters. The van der Waals surface area contributed by atoms with Gasteiger partial charge in [-0.25, -0.2) is 9.55 Å². The predicted molar refractivity (Wildman–Crippen MR) is 172 cm³/mol. The summed E-state index contributed by atoms with van der Waals surface area (Å²) < 4.78 is 7.35. The summed E-state index contributed by atoms with van der Waals surface area (Å²) >= 11 is 0. The average molecular weight is 562 g/mol. The predicted octanol–water partition coefficient (Wildman–Crippen LogP) is 8.08. The maximum atomic E-state index is 14.2. The van der Waals surface area contributed by atoms with E-state index < -0.39 is 0 Å². The fourth-order valence-corrected chi connectivity index (χ4v) is 5.46. The molecule has 4 rings (SSSR count). The largest absolute Gasteiger partial charge is 0.468 e. The van der Waals surface area contributed by atoms with Gasteiger partial charge in [0.25, 0.3) is 5.56 Å². The average Bonchev–Trinajstić information content (AvgIpc) is 3.31. The van der Waals surface area contributed by atoms with Crippen molar-refractivity contribution in [1.82, 2.24) is 9.55 Å². The van der Waals surface area contributed by atoms with E-state index in [1.54, 1.807) is 11.7 Å². The molecule has 1 unspecified atom stereocenters. The molecule has 0 saturated heterocycles. The fraction of sp³-hybridized carbons (Fsp3) is 0.378. The van der Waals surface area contributed by atoms with E-state index in [1.165, 1.54) is 11.1 Å². The second-order valence-electron chi connectivity index (χ2n) is 11.6. The molecule has 218 valence electrons. The first-order valence-electron chi connectivity index (χ1n) is 15.1. The lowest BCUT2D eigenvalue weighted by Gasteiger charge is -2.17. The number of aryl methyl sites for hydroxylation is 1. The van der Waals surface area contributed by atoms with Crippen molar-refractivity contribution in [3.05, 3.63) is 122 Å². The van der Waals surface area contributed by atoms with Crippen LogP contribution in [-0.2, 0) is 19.3 Å². The highest BCUT2D eigenvalue weighted by Crippen LogP contribution is 2.27. The van der Waals surface area contributed by atoms with Crippen LogP contribution in [0.1, 0.15) is 75.8 Å². The number of hydrogen-bond acceptors (Lipinski definition) is 4. The van der Waals surface area contributed by atoms with Crippen molar-refractivity contribution in [1.29, 1.82) is 5.26 Å². The Balaban J connectivity index is 1.67. The molecule has 0 N–H and O–H groups in total. The number of nitrogens with zero attached hydrogens (tertiary/aromatic N) is 3. The molecule has 5 nitrogen and oxygen atoms in total. The minimum atomic E-state index is -0.225. The van der Waals surface area contributed by atoms with Gasteiger partial charge in [-0.2, -0.15) is 5.26 Å². The van der Waals surface area contributed by atoms with Crippen molar-refractivity contribution in [3.63, 3.8) is 0 Å². The van der Waals surface area contributed by atoms with Crippen LogP contribution in [0.2, 0.25) is 0 Å². The van der Waals surface area contributed by atoms with Gasteiger partial charge in [0.15, 0.2) is 0 Å². The Labute approximate surface area is 251 Å². The Kier molecular flexibility index (Phi) is 10.7. The molecular weight excluding hydrogens is 518 g/mol. The SMILES string of the molecule is CCCCc1nc(OC)n(C2=CCC(C)=C(CC(C)C)C=C2)c(=O)c1Cc1ccc(CC2=CC=CC=CC2C#N)cc1. The van der Waals surface area contributed by atoms with Crippen LogP contribution in [0, 0.1) is 23.2 Å². The van der Waals surface area contributed by atoms with E-state index in [4.69, 9.17) is 9.72 Å². The lowest BCUT2D eigenvalue weighted by atomic mass is 9.93. The molecule has 5 heteroatoms. The zero-order valence-electron chi connectivity index (χ0n) is 25.7. The lowest BCUT2D eigenvalue weighted by molar-refractivity contribution is 0.364. The van der Waals surface area contributed by atoms with Gasteiger partial charge < -0.3 is 4.74 Å². The third kappa shape index (κ3) is 7.56. The first-order valence-corrected chi connectivity index (χ1v) is 15.1. The number of benzene rings is 1.